The quantitative estimate of drug-likeness (QED) is 0.0609. The molecule has 3 heterocycles. The van der Waals surface area contributed by atoms with Gasteiger partial charge < -0.3 is 120 Å². The van der Waals surface area contributed by atoms with Crippen LogP contribution in [0.3, 0.4) is 0 Å². The lowest BCUT2D eigenvalue weighted by molar-refractivity contribution is -0.360. The molecular weight excluding hydrogens is 780 g/mol. The molecule has 24 nitrogen and oxygen atoms in total. The van der Waals surface area contributed by atoms with Gasteiger partial charge in [0.15, 0.2) is 18.9 Å². The Balaban J connectivity index is 1.29. The average Bonchev–Trinajstić information content (AvgIpc) is 3.20. The van der Waals surface area contributed by atoms with Crippen molar-refractivity contribution in [1.29, 1.82) is 0 Å². The molecule has 0 spiro atoms. The minimum absolute atomic E-state index is 0.147. The van der Waals surface area contributed by atoms with E-state index in [2.05, 4.69) is 0 Å². The number of ether oxygens (including phenoxy) is 8. The van der Waals surface area contributed by atoms with Gasteiger partial charge >= 0.3 is 0 Å². The summed E-state index contributed by atoms with van der Waals surface area (Å²) in [5.74, 6) is -1.87. The number of aliphatic hydroxyl groups is 16. The smallest absolute Gasteiger partial charge is 0.187 e. The fourth-order valence-corrected chi connectivity index (χ4v) is 7.43. The molecule has 24 atom stereocenters. The molecule has 0 bridgehead atoms. The van der Waals surface area contributed by atoms with Crippen molar-refractivity contribution in [2.24, 2.45) is 11.8 Å². The van der Waals surface area contributed by atoms with E-state index < -0.39 is 186 Å². The Bertz CT molecular complexity index is 1170. The predicted molar refractivity (Wildman–Crippen MR) is 180 cm³/mol. The van der Waals surface area contributed by atoms with Gasteiger partial charge in [-0.05, 0) is 6.42 Å². The van der Waals surface area contributed by atoms with Crippen LogP contribution in [-0.4, -0.2) is 263 Å². The van der Waals surface area contributed by atoms with Crippen molar-refractivity contribution < 1.29 is 120 Å². The zero-order valence-corrected chi connectivity index (χ0v) is 31.2. The number of methoxy groups -OCH3 is 1. The molecule has 4 aliphatic rings. The van der Waals surface area contributed by atoms with Gasteiger partial charge in [-0.25, -0.2) is 0 Å². The molecule has 3 saturated heterocycles. The third-order valence-electron chi connectivity index (χ3n) is 11.1. The molecule has 57 heavy (non-hydrogen) atoms. The van der Waals surface area contributed by atoms with Gasteiger partial charge in [-0.1, -0.05) is 6.92 Å². The Labute approximate surface area is 326 Å². The van der Waals surface area contributed by atoms with Crippen LogP contribution in [0, 0.1) is 11.8 Å². The van der Waals surface area contributed by atoms with Crippen molar-refractivity contribution in [3.05, 3.63) is 0 Å². The Morgan fingerprint density at radius 3 is 1.46 bits per heavy atom. The highest BCUT2D eigenvalue weighted by Gasteiger charge is 2.52. The van der Waals surface area contributed by atoms with Crippen molar-refractivity contribution in [2.75, 3.05) is 46.8 Å². The SMILES string of the molecule is CO[C@@H]([C@H](C)[C@H](O)CO[C@@H]1O[C@H](CO)[C@@H](O[C@@H]2O[C@H](CO)[C@H](O)[C@H](O)[C@H]2O)[C@H](O)[C@H]1O)[C@H](O)COC1C[C@H](CO)[C@@H](O[C@@H]2O[C@H](CO)[C@H](O)[C@H](O)[C@H]2O)[C@H](O)[C@H]1O. The largest absolute Gasteiger partial charge is 0.396 e. The Hall–Kier alpha value is -0.960. The van der Waals surface area contributed by atoms with Crippen molar-refractivity contribution in [1.82, 2.24) is 0 Å². The van der Waals surface area contributed by atoms with Crippen LogP contribution < -0.4 is 0 Å². The molecule has 24 heteroatoms. The maximum Gasteiger partial charge on any atom is 0.187 e. The van der Waals surface area contributed by atoms with E-state index in [1.807, 2.05) is 0 Å². The first-order valence-corrected chi connectivity index (χ1v) is 18.6. The molecule has 1 aliphatic carbocycles. The van der Waals surface area contributed by atoms with Crippen LogP contribution >= 0.6 is 0 Å². The highest BCUT2D eigenvalue weighted by Crippen LogP contribution is 2.34. The Morgan fingerprint density at radius 2 is 0.965 bits per heavy atom. The van der Waals surface area contributed by atoms with Crippen LogP contribution in [-0.2, 0) is 37.9 Å². The summed E-state index contributed by atoms with van der Waals surface area (Å²) in [7, 11) is 1.23. The predicted octanol–water partition coefficient (Wildman–Crippen LogP) is -9.70. The lowest BCUT2D eigenvalue weighted by atomic mass is 9.80. The van der Waals surface area contributed by atoms with Crippen LogP contribution in [0.25, 0.3) is 0 Å². The standard InChI is InChI=1S/C33H60O24/c1-10(12(38)8-52-31-27(49)24(46)30(17(7-37)55-31)57-33-26(48)22(44)20(42)16(6-36)54-33)28(50-2)13(39)9-51-14-3-11(4-34)29(23(45)18(14)40)56-32-25(47)21(43)19(41)15(5-35)53-32/h10-49H,3-9H2,1-2H3/t10-,11-,12-,13-,14?,15-,16-,17-,18+,19+,20+,21+,22+,23-,24-,25-,26-,27-,28+,29-,30-,31-,32+,33+/m1/s1. The van der Waals surface area contributed by atoms with Crippen molar-refractivity contribution in [3.63, 3.8) is 0 Å². The highest BCUT2D eigenvalue weighted by atomic mass is 16.7. The van der Waals surface area contributed by atoms with Gasteiger partial charge in [0.25, 0.3) is 0 Å². The maximum atomic E-state index is 11.0. The minimum atomic E-state index is -1.87. The number of aliphatic hydroxyl groups excluding tert-OH is 16. The van der Waals surface area contributed by atoms with E-state index in [1.54, 1.807) is 0 Å². The van der Waals surface area contributed by atoms with Crippen LogP contribution in [0.4, 0.5) is 0 Å². The normalized spacial score (nSPS) is 46.6. The molecule has 0 radical (unpaired) electrons. The average molecular weight is 841 g/mol. The van der Waals surface area contributed by atoms with E-state index in [1.165, 1.54) is 14.0 Å². The first-order valence-electron chi connectivity index (χ1n) is 18.6. The Kier molecular flexibility index (Phi) is 18.6. The lowest BCUT2D eigenvalue weighted by Crippen LogP contribution is -2.64. The lowest BCUT2D eigenvalue weighted by Gasteiger charge is -2.46. The zero-order chi connectivity index (χ0) is 42.5. The second kappa shape index (κ2) is 21.7. The van der Waals surface area contributed by atoms with Crippen LogP contribution in [0.2, 0.25) is 0 Å². The molecule has 0 aromatic rings. The van der Waals surface area contributed by atoms with Crippen LogP contribution in [0.15, 0.2) is 0 Å². The zero-order valence-electron chi connectivity index (χ0n) is 31.2. The number of hydrogen-bond donors (Lipinski definition) is 16. The summed E-state index contributed by atoms with van der Waals surface area (Å²) in [5.41, 5.74) is 0. The van der Waals surface area contributed by atoms with Gasteiger partial charge in [-0.15, -0.1) is 0 Å². The van der Waals surface area contributed by atoms with Gasteiger partial charge in [0.05, 0.1) is 57.5 Å². The van der Waals surface area contributed by atoms with Gasteiger partial charge in [0, 0.05) is 25.6 Å². The van der Waals surface area contributed by atoms with Gasteiger partial charge in [0.1, 0.15) is 91.6 Å². The van der Waals surface area contributed by atoms with E-state index in [0.29, 0.717) is 0 Å². The van der Waals surface area contributed by atoms with Gasteiger partial charge in [-0.3, -0.25) is 0 Å². The molecule has 0 aromatic heterocycles. The van der Waals surface area contributed by atoms with E-state index in [-0.39, 0.29) is 6.42 Å². The summed E-state index contributed by atoms with van der Waals surface area (Å²) in [5, 5.41) is 165. The third kappa shape index (κ3) is 10.9. The van der Waals surface area contributed by atoms with Gasteiger partial charge in [-0.2, -0.15) is 0 Å². The van der Waals surface area contributed by atoms with Crippen molar-refractivity contribution in [3.8, 4) is 0 Å². The minimum Gasteiger partial charge on any atom is -0.396 e. The summed E-state index contributed by atoms with van der Waals surface area (Å²) < 4.78 is 43.9. The maximum absolute atomic E-state index is 11.0. The third-order valence-corrected chi connectivity index (χ3v) is 11.1. The first kappa shape index (κ1) is 48.7. The molecule has 0 amide bonds. The molecule has 1 saturated carbocycles. The topological polar surface area (TPSA) is 398 Å². The molecule has 4 rings (SSSR count). The van der Waals surface area contributed by atoms with Crippen molar-refractivity contribution >= 4 is 0 Å². The first-order chi connectivity index (χ1) is 26.9. The fourth-order valence-electron chi connectivity index (χ4n) is 7.43. The van der Waals surface area contributed by atoms with E-state index >= 15 is 0 Å². The molecular formula is C33H60O24. The van der Waals surface area contributed by atoms with Crippen molar-refractivity contribution in [2.45, 2.75) is 148 Å². The van der Waals surface area contributed by atoms with E-state index in [4.69, 9.17) is 37.9 Å². The highest BCUT2D eigenvalue weighted by molar-refractivity contribution is 4.97. The van der Waals surface area contributed by atoms with E-state index in [9.17, 15) is 81.7 Å². The Morgan fingerprint density at radius 1 is 0.509 bits per heavy atom. The molecule has 0 aromatic carbocycles. The fraction of sp³-hybridized carbons (Fsp3) is 1.00. The van der Waals surface area contributed by atoms with Crippen LogP contribution in [0.1, 0.15) is 13.3 Å². The second-order valence-corrected chi connectivity index (χ2v) is 14.9. The molecule has 16 N–H and O–H groups in total. The van der Waals surface area contributed by atoms with Gasteiger partial charge in [0.2, 0.25) is 0 Å². The summed E-state index contributed by atoms with van der Waals surface area (Å²) in [6, 6.07) is 0. The summed E-state index contributed by atoms with van der Waals surface area (Å²) in [6.07, 6.45) is -35.3. The second-order valence-electron chi connectivity index (χ2n) is 14.9. The molecule has 4 fully saturated rings. The monoisotopic (exact) mass is 840 g/mol. The van der Waals surface area contributed by atoms with E-state index in [0.717, 1.165) is 0 Å². The number of rotatable bonds is 18. The number of hydrogen-bond acceptors (Lipinski definition) is 24. The van der Waals surface area contributed by atoms with Crippen LogP contribution in [0.5, 0.6) is 0 Å². The summed E-state index contributed by atoms with van der Waals surface area (Å²) >= 11 is 0. The summed E-state index contributed by atoms with van der Waals surface area (Å²) in [6.45, 7) is -2.57. The molecule has 3 aliphatic heterocycles. The summed E-state index contributed by atoms with van der Waals surface area (Å²) in [4.78, 5) is 0. The molecule has 336 valence electrons. The molecule has 1 unspecified atom stereocenters.